The van der Waals surface area contributed by atoms with Crippen LogP contribution in [0.15, 0.2) is 42.7 Å². The second-order valence-corrected chi connectivity index (χ2v) is 4.12. The second kappa shape index (κ2) is 5.55. The third kappa shape index (κ3) is 3.64. The SMILES string of the molecule is Nc1ccc(CCOc2cncc(Cl)c2)cc1. The highest BCUT2D eigenvalue weighted by molar-refractivity contribution is 6.30. The zero-order valence-corrected chi connectivity index (χ0v) is 10.0. The summed E-state index contributed by atoms with van der Waals surface area (Å²) in [5.41, 5.74) is 7.57. The minimum absolute atomic E-state index is 0.579. The van der Waals surface area contributed by atoms with E-state index in [1.165, 1.54) is 5.56 Å². The van der Waals surface area contributed by atoms with Gasteiger partial charge >= 0.3 is 0 Å². The van der Waals surface area contributed by atoms with Gasteiger partial charge in [-0.15, -0.1) is 0 Å². The number of hydrogen-bond donors (Lipinski definition) is 1. The van der Waals surface area contributed by atoms with Gasteiger partial charge in [0.2, 0.25) is 0 Å². The largest absolute Gasteiger partial charge is 0.492 e. The smallest absolute Gasteiger partial charge is 0.139 e. The molecule has 0 aliphatic heterocycles. The lowest BCUT2D eigenvalue weighted by Crippen LogP contribution is -2.01. The van der Waals surface area contributed by atoms with Crippen molar-refractivity contribution in [1.29, 1.82) is 0 Å². The monoisotopic (exact) mass is 248 g/mol. The van der Waals surface area contributed by atoms with E-state index in [1.807, 2.05) is 24.3 Å². The van der Waals surface area contributed by atoms with Gasteiger partial charge in [0.05, 0.1) is 17.8 Å². The molecule has 3 nitrogen and oxygen atoms in total. The van der Waals surface area contributed by atoms with E-state index in [0.29, 0.717) is 17.4 Å². The van der Waals surface area contributed by atoms with Crippen molar-refractivity contribution < 1.29 is 4.74 Å². The lowest BCUT2D eigenvalue weighted by atomic mass is 10.1. The van der Waals surface area contributed by atoms with E-state index >= 15 is 0 Å². The van der Waals surface area contributed by atoms with Crippen LogP contribution in [0.2, 0.25) is 5.02 Å². The molecule has 0 fully saturated rings. The lowest BCUT2D eigenvalue weighted by molar-refractivity contribution is 0.320. The van der Waals surface area contributed by atoms with Crippen molar-refractivity contribution in [3.63, 3.8) is 0 Å². The summed E-state index contributed by atoms with van der Waals surface area (Å²) in [5.74, 6) is 0.688. The predicted octanol–water partition coefficient (Wildman–Crippen LogP) is 2.94. The first kappa shape index (κ1) is 11.7. The van der Waals surface area contributed by atoms with Crippen LogP contribution < -0.4 is 10.5 Å². The van der Waals surface area contributed by atoms with Gasteiger partial charge in [-0.2, -0.15) is 0 Å². The van der Waals surface area contributed by atoms with Gasteiger partial charge in [0.1, 0.15) is 5.75 Å². The molecule has 0 spiro atoms. The Morgan fingerprint density at radius 1 is 1.18 bits per heavy atom. The number of nitrogens with zero attached hydrogens (tertiary/aromatic N) is 1. The molecule has 0 unspecified atom stereocenters. The second-order valence-electron chi connectivity index (χ2n) is 3.68. The number of benzene rings is 1. The summed E-state index contributed by atoms with van der Waals surface area (Å²) in [6.45, 7) is 0.589. The number of pyridine rings is 1. The van der Waals surface area contributed by atoms with Crippen LogP contribution in [-0.2, 0) is 6.42 Å². The van der Waals surface area contributed by atoms with Gasteiger partial charge in [-0.25, -0.2) is 0 Å². The Hall–Kier alpha value is -1.74. The highest BCUT2D eigenvalue weighted by Gasteiger charge is 1.97. The Balaban J connectivity index is 1.85. The molecule has 4 heteroatoms. The molecule has 0 aliphatic carbocycles. The molecule has 88 valence electrons. The number of nitrogens with two attached hydrogens (primary N) is 1. The van der Waals surface area contributed by atoms with Crippen LogP contribution in [0.25, 0.3) is 0 Å². The van der Waals surface area contributed by atoms with E-state index < -0.39 is 0 Å². The molecule has 2 aromatic rings. The molecule has 0 atom stereocenters. The van der Waals surface area contributed by atoms with Gasteiger partial charge in [-0.05, 0) is 17.7 Å². The van der Waals surface area contributed by atoms with Crippen molar-refractivity contribution in [3.8, 4) is 5.75 Å². The maximum atomic E-state index is 5.80. The van der Waals surface area contributed by atoms with Gasteiger partial charge in [-0.1, -0.05) is 23.7 Å². The third-order valence-corrected chi connectivity index (χ3v) is 2.53. The number of hydrogen-bond acceptors (Lipinski definition) is 3. The fraction of sp³-hybridized carbons (Fsp3) is 0.154. The van der Waals surface area contributed by atoms with Gasteiger partial charge in [0.15, 0.2) is 0 Å². The van der Waals surface area contributed by atoms with Crippen LogP contribution in [-0.4, -0.2) is 11.6 Å². The van der Waals surface area contributed by atoms with E-state index in [9.17, 15) is 0 Å². The summed E-state index contributed by atoms with van der Waals surface area (Å²) in [7, 11) is 0. The Labute approximate surface area is 105 Å². The fourth-order valence-electron chi connectivity index (χ4n) is 1.44. The molecular formula is C13H13ClN2O. The third-order valence-electron chi connectivity index (χ3n) is 2.32. The average Bonchev–Trinajstić information content (AvgIpc) is 2.32. The standard InChI is InChI=1S/C13H13ClN2O/c14-11-7-13(9-16-8-11)17-6-5-10-1-3-12(15)4-2-10/h1-4,7-9H,5-6,15H2. The zero-order valence-electron chi connectivity index (χ0n) is 9.27. The molecule has 17 heavy (non-hydrogen) atoms. The average molecular weight is 249 g/mol. The van der Waals surface area contributed by atoms with Crippen molar-refractivity contribution in [2.24, 2.45) is 0 Å². The van der Waals surface area contributed by atoms with E-state index in [1.54, 1.807) is 18.5 Å². The molecular weight excluding hydrogens is 236 g/mol. The summed E-state index contributed by atoms with van der Waals surface area (Å²) in [4.78, 5) is 3.95. The van der Waals surface area contributed by atoms with E-state index in [-0.39, 0.29) is 0 Å². The molecule has 0 saturated carbocycles. The first-order valence-electron chi connectivity index (χ1n) is 5.32. The molecule has 0 amide bonds. The van der Waals surface area contributed by atoms with Crippen LogP contribution in [0.5, 0.6) is 5.75 Å². The molecule has 2 N–H and O–H groups in total. The summed E-state index contributed by atoms with van der Waals surface area (Å²) < 4.78 is 5.54. The van der Waals surface area contributed by atoms with Crippen molar-refractivity contribution in [2.45, 2.75) is 6.42 Å². The maximum Gasteiger partial charge on any atom is 0.139 e. The normalized spacial score (nSPS) is 10.2. The minimum Gasteiger partial charge on any atom is -0.492 e. The number of halogens is 1. The van der Waals surface area contributed by atoms with Crippen LogP contribution in [0.4, 0.5) is 5.69 Å². The van der Waals surface area contributed by atoms with E-state index in [2.05, 4.69) is 4.98 Å². The predicted molar refractivity (Wildman–Crippen MR) is 69.3 cm³/mol. The molecule has 0 aliphatic rings. The fourth-order valence-corrected chi connectivity index (χ4v) is 1.61. The Morgan fingerprint density at radius 2 is 1.94 bits per heavy atom. The Kier molecular flexibility index (Phi) is 3.83. The molecule has 0 saturated heterocycles. The van der Waals surface area contributed by atoms with Crippen LogP contribution in [0, 0.1) is 0 Å². The van der Waals surface area contributed by atoms with Crippen molar-refractivity contribution in [1.82, 2.24) is 4.98 Å². The van der Waals surface area contributed by atoms with Crippen molar-refractivity contribution >= 4 is 17.3 Å². The van der Waals surface area contributed by atoms with Crippen LogP contribution in [0.1, 0.15) is 5.56 Å². The molecule has 2 rings (SSSR count). The molecule has 0 bridgehead atoms. The first-order chi connectivity index (χ1) is 8.24. The number of nitrogen functional groups attached to an aromatic ring is 1. The number of anilines is 1. The summed E-state index contributed by atoms with van der Waals surface area (Å²) >= 11 is 5.80. The Morgan fingerprint density at radius 3 is 2.65 bits per heavy atom. The molecule has 0 radical (unpaired) electrons. The van der Waals surface area contributed by atoms with E-state index in [0.717, 1.165) is 12.1 Å². The first-order valence-corrected chi connectivity index (χ1v) is 5.69. The highest BCUT2D eigenvalue weighted by Crippen LogP contribution is 2.15. The minimum atomic E-state index is 0.579. The van der Waals surface area contributed by atoms with Gasteiger partial charge in [0, 0.05) is 24.4 Å². The zero-order chi connectivity index (χ0) is 12.1. The summed E-state index contributed by atoms with van der Waals surface area (Å²) in [5, 5.41) is 0.579. The maximum absolute atomic E-state index is 5.80. The van der Waals surface area contributed by atoms with Crippen LogP contribution in [0.3, 0.4) is 0 Å². The molecule has 1 aromatic heterocycles. The highest BCUT2D eigenvalue weighted by atomic mass is 35.5. The Bertz CT molecular complexity index is 485. The van der Waals surface area contributed by atoms with Crippen molar-refractivity contribution in [2.75, 3.05) is 12.3 Å². The lowest BCUT2D eigenvalue weighted by Gasteiger charge is -2.06. The van der Waals surface area contributed by atoms with E-state index in [4.69, 9.17) is 22.1 Å². The number of ether oxygens (including phenoxy) is 1. The quantitative estimate of drug-likeness (QED) is 0.847. The summed E-state index contributed by atoms with van der Waals surface area (Å²) in [6.07, 6.45) is 4.05. The number of rotatable bonds is 4. The van der Waals surface area contributed by atoms with Gasteiger partial charge < -0.3 is 10.5 Å². The summed E-state index contributed by atoms with van der Waals surface area (Å²) in [6, 6.07) is 9.51. The van der Waals surface area contributed by atoms with Gasteiger partial charge in [-0.3, -0.25) is 4.98 Å². The molecule has 1 heterocycles. The van der Waals surface area contributed by atoms with Gasteiger partial charge in [0.25, 0.3) is 0 Å². The number of aromatic nitrogens is 1. The van der Waals surface area contributed by atoms with Crippen molar-refractivity contribution in [3.05, 3.63) is 53.3 Å². The molecule has 1 aromatic carbocycles. The topological polar surface area (TPSA) is 48.1 Å². The van der Waals surface area contributed by atoms with Crippen LogP contribution >= 0.6 is 11.6 Å².